The van der Waals surface area contributed by atoms with Gasteiger partial charge in [-0.15, -0.1) is 0 Å². The van der Waals surface area contributed by atoms with Gasteiger partial charge in [0, 0.05) is 12.8 Å². The molecule has 0 radical (unpaired) electrons. The van der Waals surface area contributed by atoms with Gasteiger partial charge in [0.15, 0.2) is 0 Å². The molecule has 0 fully saturated rings. The molecule has 0 aromatic carbocycles. The number of nitrogens with one attached hydrogen (secondary N) is 1. The fraction of sp³-hybridized carbons (Fsp3) is 0.816. The van der Waals surface area contributed by atoms with Crippen LogP contribution in [0.1, 0.15) is 245 Å². The van der Waals surface area contributed by atoms with Crippen LogP contribution in [0.4, 0.5) is 0 Å². The largest absolute Gasteiger partial charge is 0.480 e. The summed E-state index contributed by atoms with van der Waals surface area (Å²) >= 11 is 0. The van der Waals surface area contributed by atoms with Crippen molar-refractivity contribution in [2.45, 2.75) is 251 Å². The maximum absolute atomic E-state index is 12.8. The van der Waals surface area contributed by atoms with Crippen LogP contribution < -0.4 is 5.32 Å². The van der Waals surface area contributed by atoms with Crippen LogP contribution >= 0.6 is 0 Å². The molecule has 0 aliphatic heterocycles. The maximum atomic E-state index is 12.8. The van der Waals surface area contributed by atoms with Crippen molar-refractivity contribution in [1.82, 2.24) is 5.32 Å². The number of esters is 1. The quantitative estimate of drug-likeness (QED) is 0.0366. The predicted octanol–water partition coefficient (Wildman–Crippen LogP) is 14.9. The summed E-state index contributed by atoms with van der Waals surface area (Å²) in [6.07, 6.45) is 55.6. The van der Waals surface area contributed by atoms with Crippen molar-refractivity contribution in [1.29, 1.82) is 0 Å². The number of hydrogen-bond donors (Lipinski definition) is 2. The van der Waals surface area contributed by atoms with Gasteiger partial charge in [-0.25, -0.2) is 0 Å². The van der Waals surface area contributed by atoms with E-state index in [1.807, 2.05) is 0 Å². The standard InChI is InChI=1S/C49H89NO5/c1-3-5-7-9-11-13-15-17-19-20-21-23-25-27-29-31-36-40-44-49(54)55-46(42-38-34-32-35-39-43-47(51)50-45-48(52)53)41-37-33-30-28-26-24-22-18-16-14-12-10-8-6-4-2/h13,15,19-20,24,26,46H,3-12,14,16-18,21-23,25,27-45H2,1-2H3,(H,50,51)(H,52,53)/b15-13-,20-19-,26-24-. The van der Waals surface area contributed by atoms with Crippen LogP contribution in [0.2, 0.25) is 0 Å². The van der Waals surface area contributed by atoms with Crippen molar-refractivity contribution in [3.63, 3.8) is 0 Å². The Morgan fingerprint density at radius 3 is 1.31 bits per heavy atom. The number of hydrogen-bond acceptors (Lipinski definition) is 4. The van der Waals surface area contributed by atoms with Crippen LogP contribution in [0.3, 0.4) is 0 Å². The smallest absolute Gasteiger partial charge is 0.322 e. The molecule has 2 N–H and O–H groups in total. The lowest BCUT2D eigenvalue weighted by Crippen LogP contribution is -2.28. The van der Waals surface area contributed by atoms with Crippen molar-refractivity contribution < 1.29 is 24.2 Å². The first-order valence-electron chi connectivity index (χ1n) is 23.6. The van der Waals surface area contributed by atoms with E-state index in [0.29, 0.717) is 12.8 Å². The molecule has 0 saturated carbocycles. The number of carbonyl (C=O) groups excluding carboxylic acids is 2. The van der Waals surface area contributed by atoms with Gasteiger partial charge in [0.25, 0.3) is 0 Å². The van der Waals surface area contributed by atoms with Gasteiger partial charge in [-0.3, -0.25) is 14.4 Å². The van der Waals surface area contributed by atoms with E-state index in [1.165, 1.54) is 141 Å². The number of aliphatic carboxylic acids is 1. The van der Waals surface area contributed by atoms with E-state index in [9.17, 15) is 14.4 Å². The molecular formula is C49H89NO5. The van der Waals surface area contributed by atoms with Gasteiger partial charge in [0.1, 0.15) is 12.6 Å². The summed E-state index contributed by atoms with van der Waals surface area (Å²) in [5.74, 6) is -1.24. The molecule has 1 amide bonds. The third kappa shape index (κ3) is 44.2. The van der Waals surface area contributed by atoms with Gasteiger partial charge in [-0.05, 0) is 96.3 Å². The molecule has 0 heterocycles. The summed E-state index contributed by atoms with van der Waals surface area (Å²) in [6.45, 7) is 4.22. The summed E-state index contributed by atoms with van der Waals surface area (Å²) in [6, 6.07) is 0. The second-order valence-electron chi connectivity index (χ2n) is 16.0. The number of carboxylic acids is 1. The fourth-order valence-electron chi connectivity index (χ4n) is 7.01. The topological polar surface area (TPSA) is 92.7 Å². The number of rotatable bonds is 43. The van der Waals surface area contributed by atoms with Crippen molar-refractivity contribution in [2.24, 2.45) is 0 Å². The molecule has 320 valence electrons. The van der Waals surface area contributed by atoms with Crippen LogP contribution in [0.15, 0.2) is 36.5 Å². The predicted molar refractivity (Wildman–Crippen MR) is 236 cm³/mol. The van der Waals surface area contributed by atoms with Crippen LogP contribution in [-0.4, -0.2) is 35.6 Å². The second-order valence-corrected chi connectivity index (χ2v) is 16.0. The number of unbranched alkanes of at least 4 members (excludes halogenated alkanes) is 26. The van der Waals surface area contributed by atoms with Gasteiger partial charge in [-0.1, -0.05) is 172 Å². The zero-order valence-corrected chi connectivity index (χ0v) is 36.3. The number of carbonyl (C=O) groups is 3. The Hall–Kier alpha value is -2.37. The SMILES string of the molecule is CCCCCC/C=C\C/C=C\CCCCCCCCCC(=O)OC(CCCCC/C=C\CCCCCCCCCC)CCCCCCCC(=O)NCC(=O)O. The molecule has 0 spiro atoms. The molecule has 0 aromatic heterocycles. The van der Waals surface area contributed by atoms with Crippen molar-refractivity contribution in [3.8, 4) is 0 Å². The average molecular weight is 772 g/mol. The maximum Gasteiger partial charge on any atom is 0.322 e. The molecule has 0 aliphatic rings. The normalized spacial score (nSPS) is 12.3. The van der Waals surface area contributed by atoms with Crippen molar-refractivity contribution in [2.75, 3.05) is 6.54 Å². The number of ether oxygens (including phenoxy) is 1. The zero-order chi connectivity index (χ0) is 40.1. The molecular weight excluding hydrogens is 683 g/mol. The molecule has 6 nitrogen and oxygen atoms in total. The Kier molecular flexibility index (Phi) is 42.4. The Labute approximate surface area is 340 Å². The summed E-state index contributed by atoms with van der Waals surface area (Å²) in [5, 5.41) is 11.1. The lowest BCUT2D eigenvalue weighted by atomic mass is 10.0. The monoisotopic (exact) mass is 772 g/mol. The molecule has 0 aliphatic carbocycles. The second kappa shape index (κ2) is 44.3. The Morgan fingerprint density at radius 2 is 0.836 bits per heavy atom. The minimum atomic E-state index is -1.02. The summed E-state index contributed by atoms with van der Waals surface area (Å²) in [4.78, 5) is 35.1. The highest BCUT2D eigenvalue weighted by atomic mass is 16.5. The minimum absolute atomic E-state index is 0.00688. The van der Waals surface area contributed by atoms with E-state index in [1.54, 1.807) is 0 Å². The van der Waals surface area contributed by atoms with Crippen LogP contribution in [0.25, 0.3) is 0 Å². The zero-order valence-electron chi connectivity index (χ0n) is 36.3. The molecule has 55 heavy (non-hydrogen) atoms. The highest BCUT2D eigenvalue weighted by Crippen LogP contribution is 2.19. The third-order valence-electron chi connectivity index (χ3n) is 10.5. The fourth-order valence-corrected chi connectivity index (χ4v) is 7.01. The molecule has 0 rings (SSSR count). The van der Waals surface area contributed by atoms with Gasteiger partial charge < -0.3 is 15.2 Å². The van der Waals surface area contributed by atoms with Crippen LogP contribution in [0, 0.1) is 0 Å². The first-order valence-corrected chi connectivity index (χ1v) is 23.6. The van der Waals surface area contributed by atoms with Crippen molar-refractivity contribution in [3.05, 3.63) is 36.5 Å². The highest BCUT2D eigenvalue weighted by Gasteiger charge is 2.14. The number of carboxylic acid groups (broad SMARTS) is 1. The van der Waals surface area contributed by atoms with Gasteiger partial charge in [0.05, 0.1) is 0 Å². The van der Waals surface area contributed by atoms with Gasteiger partial charge in [0.2, 0.25) is 5.91 Å². The lowest BCUT2D eigenvalue weighted by Gasteiger charge is -2.18. The van der Waals surface area contributed by atoms with Crippen molar-refractivity contribution >= 4 is 17.8 Å². The average Bonchev–Trinajstić information content (AvgIpc) is 3.17. The van der Waals surface area contributed by atoms with E-state index in [-0.39, 0.29) is 24.5 Å². The molecule has 0 aromatic rings. The summed E-state index contributed by atoms with van der Waals surface area (Å²) in [7, 11) is 0. The number of amides is 1. The summed E-state index contributed by atoms with van der Waals surface area (Å²) in [5.41, 5.74) is 0. The van der Waals surface area contributed by atoms with E-state index in [4.69, 9.17) is 9.84 Å². The Balaban J connectivity index is 4.18. The molecule has 1 unspecified atom stereocenters. The first kappa shape index (κ1) is 52.6. The minimum Gasteiger partial charge on any atom is -0.480 e. The molecule has 0 saturated heterocycles. The molecule has 6 heteroatoms. The van der Waals surface area contributed by atoms with Gasteiger partial charge >= 0.3 is 11.9 Å². The van der Waals surface area contributed by atoms with Crippen LogP contribution in [-0.2, 0) is 19.1 Å². The first-order chi connectivity index (χ1) is 27.0. The summed E-state index contributed by atoms with van der Waals surface area (Å²) < 4.78 is 6.04. The third-order valence-corrected chi connectivity index (χ3v) is 10.5. The van der Waals surface area contributed by atoms with E-state index >= 15 is 0 Å². The Bertz CT molecular complexity index is 942. The highest BCUT2D eigenvalue weighted by molar-refractivity contribution is 5.80. The Morgan fingerprint density at radius 1 is 0.473 bits per heavy atom. The van der Waals surface area contributed by atoms with E-state index in [0.717, 1.165) is 77.0 Å². The number of allylic oxidation sites excluding steroid dienone is 6. The molecule has 1 atom stereocenters. The lowest BCUT2D eigenvalue weighted by molar-refractivity contribution is -0.150. The molecule has 0 bridgehead atoms. The van der Waals surface area contributed by atoms with E-state index < -0.39 is 5.97 Å². The van der Waals surface area contributed by atoms with E-state index in [2.05, 4.69) is 55.6 Å². The van der Waals surface area contributed by atoms with Crippen LogP contribution in [0.5, 0.6) is 0 Å². The van der Waals surface area contributed by atoms with Gasteiger partial charge in [-0.2, -0.15) is 0 Å².